The number of nitrogens with one attached hydrogen (secondary N) is 1. The van der Waals surface area contributed by atoms with Gasteiger partial charge in [0, 0.05) is 23.9 Å². The fourth-order valence-corrected chi connectivity index (χ4v) is 3.29. The summed E-state index contributed by atoms with van der Waals surface area (Å²) >= 11 is 0. The monoisotopic (exact) mass is 430 g/mol. The highest BCUT2D eigenvalue weighted by molar-refractivity contribution is 5.99. The Morgan fingerprint density at radius 3 is 2.53 bits per heavy atom. The van der Waals surface area contributed by atoms with Crippen LogP contribution in [0.2, 0.25) is 0 Å². The standard InChI is InChI=1S/C24H26N6O2/c1-15-12-16(2)30(28-15)20-11-10-17(13-25-20)14-26-21(31)18-8-6-7-9-19(18)22-27-23(29-32-22)24(3,4)5/h6-13H,14H2,1-5H3,(H,26,31). The summed E-state index contributed by atoms with van der Waals surface area (Å²) in [4.78, 5) is 21.9. The van der Waals surface area contributed by atoms with E-state index in [1.54, 1.807) is 23.0 Å². The molecule has 0 aliphatic carbocycles. The van der Waals surface area contributed by atoms with Gasteiger partial charge in [0.05, 0.1) is 16.8 Å². The second-order valence-electron chi connectivity index (χ2n) is 8.76. The van der Waals surface area contributed by atoms with Crippen molar-refractivity contribution in [2.24, 2.45) is 0 Å². The third-order valence-corrected chi connectivity index (χ3v) is 4.99. The van der Waals surface area contributed by atoms with E-state index in [9.17, 15) is 4.79 Å². The fraction of sp³-hybridized carbons (Fsp3) is 0.292. The van der Waals surface area contributed by atoms with Crippen molar-refractivity contribution in [3.63, 3.8) is 0 Å². The summed E-state index contributed by atoms with van der Waals surface area (Å²) < 4.78 is 7.23. The van der Waals surface area contributed by atoms with E-state index < -0.39 is 0 Å². The Hall–Kier alpha value is -3.81. The molecule has 0 bridgehead atoms. The fourth-order valence-electron chi connectivity index (χ4n) is 3.29. The molecule has 0 radical (unpaired) electrons. The zero-order valence-corrected chi connectivity index (χ0v) is 18.9. The molecule has 1 aromatic carbocycles. The van der Waals surface area contributed by atoms with Crippen molar-refractivity contribution in [2.45, 2.75) is 46.6 Å². The number of nitrogens with zero attached hydrogens (tertiary/aromatic N) is 5. The molecule has 1 N–H and O–H groups in total. The number of aromatic nitrogens is 5. The molecule has 0 saturated heterocycles. The molecule has 8 nitrogen and oxygen atoms in total. The Morgan fingerprint density at radius 2 is 1.91 bits per heavy atom. The minimum Gasteiger partial charge on any atom is -0.348 e. The van der Waals surface area contributed by atoms with Crippen LogP contribution < -0.4 is 5.32 Å². The van der Waals surface area contributed by atoms with Crippen molar-refractivity contribution in [1.82, 2.24) is 30.2 Å². The van der Waals surface area contributed by atoms with Crippen molar-refractivity contribution in [3.8, 4) is 17.3 Å². The zero-order chi connectivity index (χ0) is 22.9. The van der Waals surface area contributed by atoms with E-state index in [2.05, 4.69) is 25.5 Å². The Kier molecular flexibility index (Phi) is 5.61. The summed E-state index contributed by atoms with van der Waals surface area (Å²) in [7, 11) is 0. The molecule has 164 valence electrons. The summed E-state index contributed by atoms with van der Waals surface area (Å²) in [5.74, 6) is 1.44. The number of amides is 1. The van der Waals surface area contributed by atoms with Gasteiger partial charge >= 0.3 is 0 Å². The maximum absolute atomic E-state index is 12.9. The second-order valence-corrected chi connectivity index (χ2v) is 8.76. The van der Waals surface area contributed by atoms with Crippen LogP contribution in [0.4, 0.5) is 0 Å². The quantitative estimate of drug-likeness (QED) is 0.510. The molecule has 0 fully saturated rings. The molecule has 0 aliphatic heterocycles. The summed E-state index contributed by atoms with van der Waals surface area (Å²) in [6, 6.07) is 13.0. The first-order valence-electron chi connectivity index (χ1n) is 10.4. The Balaban J connectivity index is 1.48. The van der Waals surface area contributed by atoms with Crippen LogP contribution in [0, 0.1) is 13.8 Å². The molecule has 0 aliphatic rings. The number of benzene rings is 1. The van der Waals surface area contributed by atoms with E-state index in [1.807, 2.05) is 65.0 Å². The van der Waals surface area contributed by atoms with Crippen molar-refractivity contribution in [3.05, 3.63) is 77.0 Å². The summed E-state index contributed by atoms with van der Waals surface area (Å²) in [6.07, 6.45) is 1.74. The molecule has 0 spiro atoms. The van der Waals surface area contributed by atoms with Crippen LogP contribution >= 0.6 is 0 Å². The van der Waals surface area contributed by atoms with E-state index in [4.69, 9.17) is 4.52 Å². The van der Waals surface area contributed by atoms with Crippen LogP contribution in [0.25, 0.3) is 17.3 Å². The largest absolute Gasteiger partial charge is 0.348 e. The van der Waals surface area contributed by atoms with E-state index >= 15 is 0 Å². The minimum absolute atomic E-state index is 0.223. The maximum atomic E-state index is 12.9. The smallest absolute Gasteiger partial charge is 0.258 e. The number of rotatable bonds is 5. The normalized spacial score (nSPS) is 11.5. The summed E-state index contributed by atoms with van der Waals surface area (Å²) in [5, 5.41) is 11.5. The molecule has 0 saturated carbocycles. The van der Waals surface area contributed by atoms with Crippen LogP contribution in [0.5, 0.6) is 0 Å². The van der Waals surface area contributed by atoms with Gasteiger partial charge in [-0.25, -0.2) is 9.67 Å². The van der Waals surface area contributed by atoms with Crippen LogP contribution in [-0.4, -0.2) is 30.8 Å². The number of pyridine rings is 1. The van der Waals surface area contributed by atoms with Crippen molar-refractivity contribution in [2.75, 3.05) is 0 Å². The topological polar surface area (TPSA) is 98.7 Å². The van der Waals surface area contributed by atoms with E-state index in [0.29, 0.717) is 29.4 Å². The summed E-state index contributed by atoms with van der Waals surface area (Å²) in [5.41, 5.74) is 3.67. The molecular weight excluding hydrogens is 404 g/mol. The van der Waals surface area contributed by atoms with Crippen LogP contribution in [0.3, 0.4) is 0 Å². The molecule has 3 heterocycles. The van der Waals surface area contributed by atoms with Gasteiger partial charge < -0.3 is 9.84 Å². The maximum Gasteiger partial charge on any atom is 0.258 e. The number of carbonyl (C=O) groups is 1. The van der Waals surface area contributed by atoms with Crippen molar-refractivity contribution < 1.29 is 9.32 Å². The predicted octanol–water partition coefficient (Wildman–Crippen LogP) is 4.16. The van der Waals surface area contributed by atoms with Crippen LogP contribution in [-0.2, 0) is 12.0 Å². The van der Waals surface area contributed by atoms with Gasteiger partial charge in [0.2, 0.25) is 0 Å². The highest BCUT2D eigenvalue weighted by Gasteiger charge is 2.23. The number of hydrogen-bond acceptors (Lipinski definition) is 6. The molecule has 32 heavy (non-hydrogen) atoms. The van der Waals surface area contributed by atoms with Crippen LogP contribution in [0.1, 0.15) is 53.9 Å². The number of hydrogen-bond donors (Lipinski definition) is 1. The van der Waals surface area contributed by atoms with Gasteiger partial charge in [-0.2, -0.15) is 10.1 Å². The zero-order valence-electron chi connectivity index (χ0n) is 18.9. The van der Waals surface area contributed by atoms with Gasteiger partial charge in [0.25, 0.3) is 11.8 Å². The Bertz CT molecular complexity index is 1250. The summed E-state index contributed by atoms with van der Waals surface area (Å²) in [6.45, 7) is 10.3. The van der Waals surface area contributed by atoms with Gasteiger partial charge in [0.15, 0.2) is 11.6 Å². The molecule has 0 atom stereocenters. The lowest BCUT2D eigenvalue weighted by atomic mass is 9.96. The molecule has 0 unspecified atom stereocenters. The van der Waals surface area contributed by atoms with Crippen molar-refractivity contribution >= 4 is 5.91 Å². The number of carbonyl (C=O) groups excluding carboxylic acids is 1. The first-order valence-corrected chi connectivity index (χ1v) is 10.4. The van der Waals surface area contributed by atoms with Gasteiger partial charge in [-0.3, -0.25) is 4.79 Å². The average molecular weight is 431 g/mol. The molecule has 3 aromatic heterocycles. The number of aryl methyl sites for hydroxylation is 2. The Labute approximate surface area is 186 Å². The first kappa shape index (κ1) is 21.4. The SMILES string of the molecule is Cc1cc(C)n(-c2ccc(CNC(=O)c3ccccc3-c3nc(C(C)(C)C)no3)cn2)n1. The molecule has 8 heteroatoms. The van der Waals surface area contributed by atoms with Gasteiger partial charge in [-0.05, 0) is 43.7 Å². The second kappa shape index (κ2) is 8.37. The lowest BCUT2D eigenvalue weighted by Crippen LogP contribution is -2.23. The lowest BCUT2D eigenvalue weighted by molar-refractivity contribution is 0.0951. The Morgan fingerprint density at radius 1 is 1.12 bits per heavy atom. The molecule has 4 rings (SSSR count). The molecular formula is C24H26N6O2. The highest BCUT2D eigenvalue weighted by atomic mass is 16.5. The molecule has 4 aromatic rings. The highest BCUT2D eigenvalue weighted by Crippen LogP contribution is 2.26. The van der Waals surface area contributed by atoms with E-state index in [1.165, 1.54) is 0 Å². The average Bonchev–Trinajstić information content (AvgIpc) is 3.39. The predicted molar refractivity (Wildman–Crippen MR) is 120 cm³/mol. The third-order valence-electron chi connectivity index (χ3n) is 4.99. The van der Waals surface area contributed by atoms with E-state index in [-0.39, 0.29) is 11.3 Å². The van der Waals surface area contributed by atoms with Gasteiger partial charge in [0.1, 0.15) is 0 Å². The first-order chi connectivity index (χ1) is 15.2. The molecule has 1 amide bonds. The van der Waals surface area contributed by atoms with Crippen molar-refractivity contribution in [1.29, 1.82) is 0 Å². The van der Waals surface area contributed by atoms with Gasteiger partial charge in [-0.15, -0.1) is 0 Å². The van der Waals surface area contributed by atoms with E-state index in [0.717, 1.165) is 22.8 Å². The lowest BCUT2D eigenvalue weighted by Gasteiger charge is -2.11. The van der Waals surface area contributed by atoms with Gasteiger partial charge in [-0.1, -0.05) is 44.1 Å². The van der Waals surface area contributed by atoms with Crippen LogP contribution in [0.15, 0.2) is 53.2 Å². The minimum atomic E-state index is -0.245. The third kappa shape index (κ3) is 4.44.